The lowest BCUT2D eigenvalue weighted by Gasteiger charge is -2.33. The number of aliphatic imine (C=N–C) groups is 1. The van der Waals surface area contributed by atoms with Gasteiger partial charge in [0.05, 0.1) is 12.7 Å². The highest BCUT2D eigenvalue weighted by molar-refractivity contribution is 14.0. The average Bonchev–Trinajstić information content (AvgIpc) is 3.23. The SMILES string of the molecule is CN=C(NCCc1nc(-c2ccc(Cl)cc2)no1)NC1CCN(CCOC(C)C)CC1.I. The van der Waals surface area contributed by atoms with Crippen LogP contribution in [0.2, 0.25) is 5.02 Å². The van der Waals surface area contributed by atoms with E-state index >= 15 is 0 Å². The van der Waals surface area contributed by atoms with Gasteiger partial charge in [-0.3, -0.25) is 4.99 Å². The third-order valence-corrected chi connectivity index (χ3v) is 5.46. The van der Waals surface area contributed by atoms with E-state index in [2.05, 4.69) is 44.5 Å². The fraction of sp³-hybridized carbons (Fsp3) is 0.591. The van der Waals surface area contributed by atoms with E-state index in [1.807, 2.05) is 24.3 Å². The van der Waals surface area contributed by atoms with Crippen LogP contribution in [0.3, 0.4) is 0 Å². The molecule has 3 rings (SSSR count). The molecule has 0 spiro atoms. The number of aromatic nitrogens is 2. The number of halogens is 2. The molecular weight excluding hydrogens is 543 g/mol. The second-order valence-corrected chi connectivity index (χ2v) is 8.38. The number of rotatable bonds is 9. The number of piperidine rings is 1. The van der Waals surface area contributed by atoms with Crippen LogP contribution < -0.4 is 10.6 Å². The summed E-state index contributed by atoms with van der Waals surface area (Å²) in [6, 6.07) is 7.81. The Morgan fingerprint density at radius 1 is 1.28 bits per heavy atom. The summed E-state index contributed by atoms with van der Waals surface area (Å²) in [5.74, 6) is 1.96. The zero-order valence-electron chi connectivity index (χ0n) is 19.0. The second kappa shape index (κ2) is 14.0. The van der Waals surface area contributed by atoms with Gasteiger partial charge in [0.25, 0.3) is 0 Å². The molecule has 1 fully saturated rings. The van der Waals surface area contributed by atoms with E-state index in [4.69, 9.17) is 20.9 Å². The molecule has 10 heteroatoms. The topological polar surface area (TPSA) is 87.8 Å². The number of hydrogen-bond acceptors (Lipinski definition) is 6. The smallest absolute Gasteiger partial charge is 0.228 e. The van der Waals surface area contributed by atoms with Gasteiger partial charge in [-0.05, 0) is 51.0 Å². The largest absolute Gasteiger partial charge is 0.377 e. The molecule has 1 aromatic carbocycles. The van der Waals surface area contributed by atoms with Crippen molar-refractivity contribution in [3.63, 3.8) is 0 Å². The summed E-state index contributed by atoms with van der Waals surface area (Å²) in [6.45, 7) is 8.76. The molecule has 0 bridgehead atoms. The first-order chi connectivity index (χ1) is 15.0. The Labute approximate surface area is 212 Å². The molecule has 1 aliphatic heterocycles. The van der Waals surface area contributed by atoms with Gasteiger partial charge in [-0.25, -0.2) is 0 Å². The van der Waals surface area contributed by atoms with E-state index in [0.29, 0.717) is 41.8 Å². The first-order valence-electron chi connectivity index (χ1n) is 10.9. The van der Waals surface area contributed by atoms with E-state index in [1.54, 1.807) is 7.05 Å². The van der Waals surface area contributed by atoms with Crippen LogP contribution in [0, 0.1) is 0 Å². The summed E-state index contributed by atoms with van der Waals surface area (Å²) in [6.07, 6.45) is 3.10. The van der Waals surface area contributed by atoms with Crippen LogP contribution in [0.4, 0.5) is 0 Å². The van der Waals surface area contributed by atoms with Crippen LogP contribution in [0.5, 0.6) is 0 Å². The molecule has 178 valence electrons. The number of ether oxygens (including phenoxy) is 1. The molecule has 2 heterocycles. The minimum Gasteiger partial charge on any atom is -0.377 e. The molecular formula is C22H34ClIN6O2. The maximum absolute atomic E-state index is 5.93. The quantitative estimate of drug-likeness (QED) is 0.268. The fourth-order valence-corrected chi connectivity index (χ4v) is 3.59. The molecule has 32 heavy (non-hydrogen) atoms. The lowest BCUT2D eigenvalue weighted by atomic mass is 10.1. The van der Waals surface area contributed by atoms with Gasteiger partial charge in [-0.15, -0.1) is 24.0 Å². The number of nitrogens with one attached hydrogen (secondary N) is 2. The Hall–Kier alpha value is -1.43. The van der Waals surface area contributed by atoms with Crippen molar-refractivity contribution in [2.45, 2.75) is 45.3 Å². The molecule has 8 nitrogen and oxygen atoms in total. The van der Waals surface area contributed by atoms with Gasteiger partial charge >= 0.3 is 0 Å². The molecule has 0 saturated carbocycles. The number of hydrogen-bond donors (Lipinski definition) is 2. The molecule has 0 aliphatic carbocycles. The second-order valence-electron chi connectivity index (χ2n) is 7.95. The van der Waals surface area contributed by atoms with Gasteiger partial charge in [-0.1, -0.05) is 16.8 Å². The Kier molecular flexibility index (Phi) is 11.7. The summed E-state index contributed by atoms with van der Waals surface area (Å²) in [5, 5.41) is 11.6. The van der Waals surface area contributed by atoms with Crippen molar-refractivity contribution < 1.29 is 9.26 Å². The molecule has 2 N–H and O–H groups in total. The number of guanidine groups is 1. The van der Waals surface area contributed by atoms with Crippen LogP contribution in [-0.4, -0.2) is 73.0 Å². The molecule has 1 aliphatic rings. The van der Waals surface area contributed by atoms with E-state index in [-0.39, 0.29) is 24.0 Å². The Balaban J connectivity index is 0.00000363. The first-order valence-corrected chi connectivity index (χ1v) is 11.3. The summed E-state index contributed by atoms with van der Waals surface area (Å²) in [7, 11) is 1.79. The fourth-order valence-electron chi connectivity index (χ4n) is 3.47. The van der Waals surface area contributed by atoms with Crippen molar-refractivity contribution in [3.8, 4) is 11.4 Å². The van der Waals surface area contributed by atoms with Gasteiger partial charge in [0, 0.05) is 56.3 Å². The molecule has 2 aromatic rings. The number of nitrogens with zero attached hydrogens (tertiary/aromatic N) is 4. The van der Waals surface area contributed by atoms with E-state index in [1.165, 1.54) is 0 Å². The molecule has 0 unspecified atom stereocenters. The third kappa shape index (κ3) is 8.84. The van der Waals surface area contributed by atoms with Gasteiger partial charge in [-0.2, -0.15) is 4.98 Å². The van der Waals surface area contributed by atoms with Gasteiger partial charge in [0.15, 0.2) is 5.96 Å². The maximum Gasteiger partial charge on any atom is 0.228 e. The van der Waals surface area contributed by atoms with Crippen molar-refractivity contribution in [2.24, 2.45) is 4.99 Å². The van der Waals surface area contributed by atoms with E-state index in [9.17, 15) is 0 Å². The Morgan fingerprint density at radius 2 is 2.00 bits per heavy atom. The van der Waals surface area contributed by atoms with Crippen molar-refractivity contribution in [3.05, 3.63) is 35.2 Å². The lowest BCUT2D eigenvalue weighted by Crippen LogP contribution is -2.49. The van der Waals surface area contributed by atoms with Gasteiger partial charge in [0.1, 0.15) is 0 Å². The number of likely N-dealkylation sites (tertiary alicyclic amines) is 1. The minimum absolute atomic E-state index is 0. The highest BCUT2D eigenvalue weighted by Crippen LogP contribution is 2.18. The van der Waals surface area contributed by atoms with Gasteiger partial charge < -0.3 is 24.8 Å². The molecule has 0 atom stereocenters. The van der Waals surface area contributed by atoms with Crippen molar-refractivity contribution in [1.82, 2.24) is 25.7 Å². The lowest BCUT2D eigenvalue weighted by molar-refractivity contribution is 0.0532. The summed E-state index contributed by atoms with van der Waals surface area (Å²) in [5.41, 5.74) is 0.881. The van der Waals surface area contributed by atoms with Crippen LogP contribution in [0.1, 0.15) is 32.6 Å². The van der Waals surface area contributed by atoms with Crippen molar-refractivity contribution in [2.75, 3.05) is 39.8 Å². The van der Waals surface area contributed by atoms with Crippen molar-refractivity contribution in [1.29, 1.82) is 0 Å². The van der Waals surface area contributed by atoms with Gasteiger partial charge in [0.2, 0.25) is 11.7 Å². The number of benzene rings is 1. The average molecular weight is 577 g/mol. The standard InChI is InChI=1S/C22H33ClN6O2.HI/c1-16(2)30-15-14-29-12-9-19(10-13-29)26-22(24-3)25-11-8-20-27-21(28-31-20)17-4-6-18(23)7-5-17;/h4-7,16,19H,8-15H2,1-3H3,(H2,24,25,26);1H. The van der Waals surface area contributed by atoms with E-state index < -0.39 is 0 Å². The highest BCUT2D eigenvalue weighted by atomic mass is 127. The Bertz CT molecular complexity index is 822. The molecule has 1 saturated heterocycles. The molecule has 1 aromatic heterocycles. The normalized spacial score (nSPS) is 15.6. The minimum atomic E-state index is 0. The van der Waals surface area contributed by atoms with Crippen molar-refractivity contribution >= 4 is 41.5 Å². The molecule has 0 amide bonds. The molecule has 0 radical (unpaired) electrons. The van der Waals surface area contributed by atoms with Crippen LogP contribution in [-0.2, 0) is 11.2 Å². The Morgan fingerprint density at radius 3 is 2.66 bits per heavy atom. The van der Waals surface area contributed by atoms with E-state index in [0.717, 1.165) is 50.6 Å². The summed E-state index contributed by atoms with van der Waals surface area (Å²) < 4.78 is 11.0. The third-order valence-electron chi connectivity index (χ3n) is 5.21. The highest BCUT2D eigenvalue weighted by Gasteiger charge is 2.20. The first kappa shape index (κ1) is 26.8. The summed E-state index contributed by atoms with van der Waals surface area (Å²) in [4.78, 5) is 11.3. The maximum atomic E-state index is 5.93. The zero-order chi connectivity index (χ0) is 22.1. The zero-order valence-corrected chi connectivity index (χ0v) is 22.1. The summed E-state index contributed by atoms with van der Waals surface area (Å²) >= 11 is 5.93. The van der Waals surface area contributed by atoms with Crippen LogP contribution in [0.15, 0.2) is 33.8 Å². The monoisotopic (exact) mass is 576 g/mol. The van der Waals surface area contributed by atoms with Crippen LogP contribution >= 0.6 is 35.6 Å². The predicted molar refractivity (Wildman–Crippen MR) is 139 cm³/mol. The predicted octanol–water partition coefficient (Wildman–Crippen LogP) is 3.60. The van der Waals surface area contributed by atoms with Crippen LogP contribution in [0.25, 0.3) is 11.4 Å².